The first-order chi connectivity index (χ1) is 9.72. The van der Waals surface area contributed by atoms with Crippen LogP contribution in [0.4, 0.5) is 14.6 Å². The maximum absolute atomic E-state index is 12.4. The number of nitrogens with zero attached hydrogens (tertiary/aromatic N) is 5. The molecule has 0 saturated carbocycles. The van der Waals surface area contributed by atoms with Crippen LogP contribution in [-0.4, -0.2) is 25.3 Å². The fraction of sp³-hybridized carbons (Fsp3) is 0.167. The third-order valence-electron chi connectivity index (χ3n) is 2.77. The van der Waals surface area contributed by atoms with E-state index in [1.165, 1.54) is 16.8 Å². The molecular formula is C12H10F2N6. The summed E-state index contributed by atoms with van der Waals surface area (Å²) in [5.74, 6) is 0.600. The van der Waals surface area contributed by atoms with Crippen LogP contribution in [0.25, 0.3) is 5.65 Å². The Balaban J connectivity index is 1.69. The van der Waals surface area contributed by atoms with Gasteiger partial charge in [0, 0.05) is 12.1 Å². The summed E-state index contributed by atoms with van der Waals surface area (Å²) < 4.78 is 26.1. The molecule has 1 N–H and O–H groups in total. The summed E-state index contributed by atoms with van der Waals surface area (Å²) in [7, 11) is 0. The SMILES string of the molecule is FC(F)c1ccc(CNc2ccc3nnnn3n2)cc1. The van der Waals surface area contributed by atoms with Gasteiger partial charge in [-0.2, -0.15) is 0 Å². The maximum atomic E-state index is 12.4. The van der Waals surface area contributed by atoms with Crippen LogP contribution >= 0.6 is 0 Å². The number of hydrogen-bond donors (Lipinski definition) is 1. The van der Waals surface area contributed by atoms with Gasteiger partial charge in [-0.1, -0.05) is 24.3 Å². The highest BCUT2D eigenvalue weighted by Crippen LogP contribution is 2.19. The van der Waals surface area contributed by atoms with Crippen molar-refractivity contribution in [3.8, 4) is 0 Å². The highest BCUT2D eigenvalue weighted by Gasteiger charge is 2.06. The predicted octanol–water partition coefficient (Wildman–Crippen LogP) is 2.07. The molecule has 0 aliphatic carbocycles. The van der Waals surface area contributed by atoms with Gasteiger partial charge in [-0.15, -0.1) is 14.8 Å². The number of aromatic nitrogens is 5. The molecule has 0 unspecified atom stereocenters. The quantitative estimate of drug-likeness (QED) is 0.790. The van der Waals surface area contributed by atoms with E-state index >= 15 is 0 Å². The molecule has 6 nitrogen and oxygen atoms in total. The predicted molar refractivity (Wildman–Crippen MR) is 67.3 cm³/mol. The van der Waals surface area contributed by atoms with Crippen molar-refractivity contribution in [2.45, 2.75) is 13.0 Å². The van der Waals surface area contributed by atoms with Gasteiger partial charge < -0.3 is 5.32 Å². The van der Waals surface area contributed by atoms with E-state index in [4.69, 9.17) is 0 Å². The molecule has 102 valence electrons. The molecule has 0 radical (unpaired) electrons. The average Bonchev–Trinajstić information content (AvgIpc) is 2.93. The van der Waals surface area contributed by atoms with Crippen molar-refractivity contribution in [2.24, 2.45) is 0 Å². The van der Waals surface area contributed by atoms with Gasteiger partial charge in [0.15, 0.2) is 5.65 Å². The van der Waals surface area contributed by atoms with E-state index in [9.17, 15) is 8.78 Å². The van der Waals surface area contributed by atoms with Gasteiger partial charge in [0.1, 0.15) is 5.82 Å². The zero-order valence-corrected chi connectivity index (χ0v) is 10.2. The van der Waals surface area contributed by atoms with Crippen LogP contribution in [0, 0.1) is 0 Å². The standard InChI is InChI=1S/C12H10F2N6/c13-12(14)9-3-1-8(2-4-9)7-15-10-5-6-11-16-18-19-20(11)17-10/h1-6,12H,7H2,(H,15,17). The number of nitrogens with one attached hydrogen (secondary N) is 1. The normalized spacial score (nSPS) is 11.2. The number of fused-ring (bicyclic) bond motifs is 1. The fourth-order valence-electron chi connectivity index (χ4n) is 1.72. The highest BCUT2D eigenvalue weighted by atomic mass is 19.3. The topological polar surface area (TPSA) is 68.0 Å². The summed E-state index contributed by atoms with van der Waals surface area (Å²) in [6.45, 7) is 0.476. The molecule has 0 aliphatic rings. The molecule has 1 aromatic carbocycles. The Morgan fingerprint density at radius 3 is 2.65 bits per heavy atom. The molecule has 0 spiro atoms. The number of anilines is 1. The minimum atomic E-state index is -2.44. The number of halogens is 2. The zero-order chi connectivity index (χ0) is 13.9. The average molecular weight is 276 g/mol. The van der Waals surface area contributed by atoms with E-state index in [1.807, 2.05) is 0 Å². The van der Waals surface area contributed by atoms with E-state index in [0.717, 1.165) is 5.56 Å². The second kappa shape index (κ2) is 5.16. The Hall–Kier alpha value is -2.64. The van der Waals surface area contributed by atoms with Gasteiger partial charge in [0.25, 0.3) is 6.43 Å². The van der Waals surface area contributed by atoms with Crippen LogP contribution in [-0.2, 0) is 6.54 Å². The van der Waals surface area contributed by atoms with E-state index in [2.05, 4.69) is 25.9 Å². The highest BCUT2D eigenvalue weighted by molar-refractivity contribution is 5.42. The molecule has 3 rings (SSSR count). The van der Waals surface area contributed by atoms with Crippen LogP contribution in [0.5, 0.6) is 0 Å². The number of rotatable bonds is 4. The van der Waals surface area contributed by atoms with Crippen molar-refractivity contribution < 1.29 is 8.78 Å². The van der Waals surface area contributed by atoms with Gasteiger partial charge in [-0.05, 0) is 28.1 Å². The molecule has 8 heteroatoms. The lowest BCUT2D eigenvalue weighted by Crippen LogP contribution is -2.04. The van der Waals surface area contributed by atoms with Crippen LogP contribution in [0.15, 0.2) is 36.4 Å². The zero-order valence-electron chi connectivity index (χ0n) is 10.2. The Bertz CT molecular complexity index is 709. The lowest BCUT2D eigenvalue weighted by atomic mass is 10.1. The summed E-state index contributed by atoms with van der Waals surface area (Å²) >= 11 is 0. The monoisotopic (exact) mass is 276 g/mol. The van der Waals surface area contributed by atoms with Crippen LogP contribution < -0.4 is 5.32 Å². The Labute approximate surface area is 112 Å². The summed E-state index contributed by atoms with van der Waals surface area (Å²) in [6, 6.07) is 9.63. The second-order valence-electron chi connectivity index (χ2n) is 4.14. The summed E-state index contributed by atoms with van der Waals surface area (Å²) in [4.78, 5) is 0. The van der Waals surface area contributed by atoms with Gasteiger partial charge in [0.05, 0.1) is 0 Å². The molecule has 0 atom stereocenters. The van der Waals surface area contributed by atoms with E-state index in [1.54, 1.807) is 24.3 Å². The smallest absolute Gasteiger partial charge is 0.263 e. The van der Waals surface area contributed by atoms with Crippen molar-refractivity contribution in [3.63, 3.8) is 0 Å². The van der Waals surface area contributed by atoms with Gasteiger partial charge in [0.2, 0.25) is 0 Å². The first kappa shape index (κ1) is 12.4. The first-order valence-electron chi connectivity index (χ1n) is 5.89. The molecule has 0 bridgehead atoms. The molecule has 2 aromatic heterocycles. The van der Waals surface area contributed by atoms with Gasteiger partial charge >= 0.3 is 0 Å². The number of benzene rings is 1. The minimum absolute atomic E-state index is 0.0157. The third kappa shape index (κ3) is 2.53. The van der Waals surface area contributed by atoms with Crippen LogP contribution in [0.1, 0.15) is 17.6 Å². The first-order valence-corrected chi connectivity index (χ1v) is 5.89. The van der Waals surface area contributed by atoms with Crippen molar-refractivity contribution >= 4 is 11.5 Å². The van der Waals surface area contributed by atoms with E-state index in [-0.39, 0.29) is 5.56 Å². The largest absolute Gasteiger partial charge is 0.365 e. The van der Waals surface area contributed by atoms with E-state index < -0.39 is 6.43 Å². The number of tetrazole rings is 1. The van der Waals surface area contributed by atoms with Crippen molar-refractivity contribution in [1.82, 2.24) is 25.3 Å². The Morgan fingerprint density at radius 2 is 1.90 bits per heavy atom. The second-order valence-corrected chi connectivity index (χ2v) is 4.14. The van der Waals surface area contributed by atoms with E-state index in [0.29, 0.717) is 18.0 Å². The summed E-state index contributed by atoms with van der Waals surface area (Å²) in [6.07, 6.45) is -2.44. The number of hydrogen-bond acceptors (Lipinski definition) is 5. The molecule has 0 saturated heterocycles. The summed E-state index contributed by atoms with van der Waals surface area (Å²) in [5, 5.41) is 18.1. The van der Waals surface area contributed by atoms with Crippen LogP contribution in [0.3, 0.4) is 0 Å². The van der Waals surface area contributed by atoms with Crippen LogP contribution in [0.2, 0.25) is 0 Å². The summed E-state index contributed by atoms with van der Waals surface area (Å²) in [5.41, 5.74) is 1.45. The maximum Gasteiger partial charge on any atom is 0.263 e. The van der Waals surface area contributed by atoms with Crippen molar-refractivity contribution in [2.75, 3.05) is 5.32 Å². The van der Waals surface area contributed by atoms with Gasteiger partial charge in [-0.3, -0.25) is 0 Å². The molecule has 2 heterocycles. The minimum Gasteiger partial charge on any atom is -0.365 e. The van der Waals surface area contributed by atoms with Crippen molar-refractivity contribution in [1.29, 1.82) is 0 Å². The Morgan fingerprint density at radius 1 is 1.10 bits per heavy atom. The molecule has 0 fully saturated rings. The molecule has 20 heavy (non-hydrogen) atoms. The third-order valence-corrected chi connectivity index (χ3v) is 2.77. The van der Waals surface area contributed by atoms with Crippen molar-refractivity contribution in [3.05, 3.63) is 47.5 Å². The fourth-order valence-corrected chi connectivity index (χ4v) is 1.72. The molecular weight excluding hydrogens is 266 g/mol. The molecule has 0 aliphatic heterocycles. The Kier molecular flexibility index (Phi) is 3.20. The lowest BCUT2D eigenvalue weighted by Gasteiger charge is -2.06. The van der Waals surface area contributed by atoms with Gasteiger partial charge in [-0.25, -0.2) is 8.78 Å². The molecule has 3 aromatic rings. The lowest BCUT2D eigenvalue weighted by molar-refractivity contribution is 0.151. The molecule has 0 amide bonds. The number of alkyl halides is 2.